The summed E-state index contributed by atoms with van der Waals surface area (Å²) in [5.41, 5.74) is -1.11. The molecule has 1 aliphatic heterocycles. The van der Waals surface area contributed by atoms with Gasteiger partial charge < -0.3 is 14.9 Å². The van der Waals surface area contributed by atoms with Crippen molar-refractivity contribution >= 4 is 0 Å². The van der Waals surface area contributed by atoms with Gasteiger partial charge in [-0.1, -0.05) is 19.8 Å². The highest BCUT2D eigenvalue weighted by molar-refractivity contribution is 5.02. The molecule has 3 unspecified atom stereocenters. The number of hydrogen-bond acceptors (Lipinski definition) is 3. The summed E-state index contributed by atoms with van der Waals surface area (Å²) < 4.78 is 5.44. The molecule has 1 saturated heterocycles. The lowest BCUT2D eigenvalue weighted by Crippen LogP contribution is -2.57. The zero-order valence-electron chi connectivity index (χ0n) is 10.2. The fourth-order valence-electron chi connectivity index (χ4n) is 3.57. The van der Waals surface area contributed by atoms with E-state index in [1.165, 1.54) is 6.42 Å². The summed E-state index contributed by atoms with van der Waals surface area (Å²) in [7, 11) is 0. The normalized spacial score (nSPS) is 45.6. The van der Waals surface area contributed by atoms with Crippen LogP contribution in [0.25, 0.3) is 0 Å². The number of rotatable bonds is 2. The SMILES string of the molecule is CC1CCCC(CO)(C2(O)CCCOC2)C1. The first-order valence-electron chi connectivity index (χ1n) is 6.53. The zero-order valence-corrected chi connectivity index (χ0v) is 10.2. The van der Waals surface area contributed by atoms with E-state index in [1.54, 1.807) is 0 Å². The average Bonchev–Trinajstić information content (AvgIpc) is 2.29. The molecular formula is C13H24O3. The first kappa shape index (κ1) is 12.3. The van der Waals surface area contributed by atoms with Crippen molar-refractivity contribution in [1.82, 2.24) is 0 Å². The van der Waals surface area contributed by atoms with Crippen LogP contribution >= 0.6 is 0 Å². The summed E-state index contributed by atoms with van der Waals surface area (Å²) in [6.07, 6.45) is 5.90. The molecule has 0 aromatic heterocycles. The van der Waals surface area contributed by atoms with Gasteiger partial charge in [0, 0.05) is 12.0 Å². The van der Waals surface area contributed by atoms with E-state index in [9.17, 15) is 10.2 Å². The molecule has 0 radical (unpaired) electrons. The van der Waals surface area contributed by atoms with Crippen LogP contribution in [-0.4, -0.2) is 35.6 Å². The molecule has 16 heavy (non-hydrogen) atoms. The Labute approximate surface area is 97.8 Å². The average molecular weight is 228 g/mol. The largest absolute Gasteiger partial charge is 0.396 e. The quantitative estimate of drug-likeness (QED) is 0.756. The lowest BCUT2D eigenvalue weighted by molar-refractivity contribution is -0.191. The molecule has 2 rings (SSSR count). The van der Waals surface area contributed by atoms with Gasteiger partial charge >= 0.3 is 0 Å². The Bertz CT molecular complexity index is 235. The second kappa shape index (κ2) is 4.63. The van der Waals surface area contributed by atoms with Gasteiger partial charge in [0.25, 0.3) is 0 Å². The number of ether oxygens (including phenoxy) is 1. The van der Waals surface area contributed by atoms with E-state index in [1.807, 2.05) is 0 Å². The lowest BCUT2D eigenvalue weighted by atomic mass is 9.60. The van der Waals surface area contributed by atoms with E-state index in [4.69, 9.17) is 4.74 Å². The Morgan fingerprint density at radius 3 is 2.69 bits per heavy atom. The van der Waals surface area contributed by atoms with Crippen molar-refractivity contribution in [3.05, 3.63) is 0 Å². The minimum Gasteiger partial charge on any atom is -0.396 e. The number of hydrogen-bond donors (Lipinski definition) is 2. The Hall–Kier alpha value is -0.120. The minimum atomic E-state index is -0.797. The first-order chi connectivity index (χ1) is 7.62. The highest BCUT2D eigenvalue weighted by atomic mass is 16.5. The van der Waals surface area contributed by atoms with E-state index in [0.29, 0.717) is 12.5 Å². The van der Waals surface area contributed by atoms with Gasteiger partial charge in [0.1, 0.15) is 0 Å². The van der Waals surface area contributed by atoms with Gasteiger partial charge in [-0.05, 0) is 31.6 Å². The predicted molar refractivity (Wildman–Crippen MR) is 62.2 cm³/mol. The molecule has 3 atom stereocenters. The fourth-order valence-corrected chi connectivity index (χ4v) is 3.57. The van der Waals surface area contributed by atoms with E-state index in [2.05, 4.69) is 6.92 Å². The molecule has 0 bridgehead atoms. The molecule has 2 aliphatic rings. The summed E-state index contributed by atoms with van der Waals surface area (Å²) in [5.74, 6) is 0.604. The van der Waals surface area contributed by atoms with Crippen LogP contribution in [0.3, 0.4) is 0 Å². The first-order valence-corrected chi connectivity index (χ1v) is 6.53. The van der Waals surface area contributed by atoms with Crippen LogP contribution in [0.5, 0.6) is 0 Å². The molecule has 1 heterocycles. The van der Waals surface area contributed by atoms with Crippen molar-refractivity contribution < 1.29 is 14.9 Å². The van der Waals surface area contributed by atoms with E-state index in [0.717, 1.165) is 38.7 Å². The summed E-state index contributed by atoms with van der Waals surface area (Å²) in [5, 5.41) is 20.5. The van der Waals surface area contributed by atoms with Crippen molar-refractivity contribution in [2.24, 2.45) is 11.3 Å². The Balaban J connectivity index is 2.18. The van der Waals surface area contributed by atoms with Crippen molar-refractivity contribution in [2.75, 3.05) is 19.8 Å². The van der Waals surface area contributed by atoms with Gasteiger partial charge in [0.05, 0.1) is 18.8 Å². The summed E-state index contributed by atoms with van der Waals surface area (Å²) in [6.45, 7) is 3.47. The van der Waals surface area contributed by atoms with Crippen molar-refractivity contribution in [3.8, 4) is 0 Å². The van der Waals surface area contributed by atoms with Crippen LogP contribution < -0.4 is 0 Å². The smallest absolute Gasteiger partial charge is 0.0958 e. The van der Waals surface area contributed by atoms with Crippen LogP contribution in [0.2, 0.25) is 0 Å². The minimum absolute atomic E-state index is 0.0944. The Morgan fingerprint density at radius 2 is 2.12 bits per heavy atom. The van der Waals surface area contributed by atoms with Crippen LogP contribution in [0.15, 0.2) is 0 Å². The van der Waals surface area contributed by atoms with E-state index >= 15 is 0 Å². The molecule has 0 aromatic rings. The molecule has 0 spiro atoms. The summed E-state index contributed by atoms with van der Waals surface area (Å²) in [6, 6.07) is 0. The van der Waals surface area contributed by atoms with Gasteiger partial charge in [0.15, 0.2) is 0 Å². The molecule has 2 N–H and O–H groups in total. The molecule has 0 amide bonds. The van der Waals surface area contributed by atoms with E-state index < -0.39 is 5.60 Å². The molecule has 3 nitrogen and oxygen atoms in total. The number of aliphatic hydroxyl groups is 2. The third-order valence-electron chi connectivity index (χ3n) is 4.60. The molecule has 94 valence electrons. The highest BCUT2D eigenvalue weighted by Crippen LogP contribution is 2.49. The van der Waals surface area contributed by atoms with Crippen molar-refractivity contribution in [1.29, 1.82) is 0 Å². The maximum absolute atomic E-state index is 10.8. The maximum atomic E-state index is 10.8. The van der Waals surface area contributed by atoms with Gasteiger partial charge in [-0.2, -0.15) is 0 Å². The van der Waals surface area contributed by atoms with Gasteiger partial charge in [-0.25, -0.2) is 0 Å². The van der Waals surface area contributed by atoms with Crippen LogP contribution in [0.1, 0.15) is 45.4 Å². The third-order valence-corrected chi connectivity index (χ3v) is 4.60. The van der Waals surface area contributed by atoms with Crippen molar-refractivity contribution in [2.45, 2.75) is 51.0 Å². The Morgan fingerprint density at radius 1 is 1.31 bits per heavy atom. The van der Waals surface area contributed by atoms with Gasteiger partial charge in [-0.15, -0.1) is 0 Å². The van der Waals surface area contributed by atoms with Crippen LogP contribution in [0, 0.1) is 11.3 Å². The standard InChI is InChI=1S/C13H24O3/c1-11-4-2-5-12(8-11,9-14)13(15)6-3-7-16-10-13/h11,14-15H,2-10H2,1H3. The molecule has 1 saturated carbocycles. The fraction of sp³-hybridized carbons (Fsp3) is 1.00. The lowest BCUT2D eigenvalue weighted by Gasteiger charge is -2.51. The molecule has 2 fully saturated rings. The summed E-state index contributed by atoms with van der Waals surface area (Å²) >= 11 is 0. The van der Waals surface area contributed by atoms with Crippen LogP contribution in [0.4, 0.5) is 0 Å². The third kappa shape index (κ3) is 2.01. The maximum Gasteiger partial charge on any atom is 0.0958 e. The Kier molecular flexibility index (Phi) is 3.57. The second-order valence-corrected chi connectivity index (χ2v) is 5.83. The van der Waals surface area contributed by atoms with Gasteiger partial charge in [0.2, 0.25) is 0 Å². The highest BCUT2D eigenvalue weighted by Gasteiger charge is 2.52. The topological polar surface area (TPSA) is 49.7 Å². The molecule has 0 aromatic carbocycles. The van der Waals surface area contributed by atoms with Gasteiger partial charge in [-0.3, -0.25) is 0 Å². The molecule has 1 aliphatic carbocycles. The monoisotopic (exact) mass is 228 g/mol. The molecule has 3 heteroatoms. The molecular weight excluding hydrogens is 204 g/mol. The zero-order chi connectivity index (χ0) is 11.6. The van der Waals surface area contributed by atoms with Crippen LogP contribution in [-0.2, 0) is 4.74 Å². The number of aliphatic hydroxyl groups excluding tert-OH is 1. The second-order valence-electron chi connectivity index (χ2n) is 5.83. The van der Waals surface area contributed by atoms with Crippen molar-refractivity contribution in [3.63, 3.8) is 0 Å². The predicted octanol–water partition coefficient (Wildman–Crippen LogP) is 1.72. The summed E-state index contributed by atoms with van der Waals surface area (Å²) in [4.78, 5) is 0. The van der Waals surface area contributed by atoms with E-state index in [-0.39, 0.29) is 12.0 Å².